The fraction of sp³-hybridized carbons (Fsp3) is 0.364. The normalized spacial score (nSPS) is 14.6. The van der Waals surface area contributed by atoms with Crippen molar-refractivity contribution in [3.05, 3.63) is 29.3 Å². The van der Waals surface area contributed by atoms with Gasteiger partial charge >= 0.3 is 5.92 Å². The Labute approximate surface area is 85.9 Å². The van der Waals surface area contributed by atoms with Crippen molar-refractivity contribution in [2.45, 2.75) is 19.3 Å². The number of hydrogen-bond donors (Lipinski definition) is 0. The molecule has 1 aliphatic rings. The summed E-state index contributed by atoms with van der Waals surface area (Å²) < 4.78 is 30.9. The van der Waals surface area contributed by atoms with Gasteiger partial charge in [-0.1, -0.05) is 12.1 Å². The highest BCUT2D eigenvalue weighted by Gasteiger charge is 2.36. The summed E-state index contributed by atoms with van der Waals surface area (Å²) in [7, 11) is 0. The molecule has 0 amide bonds. The number of ether oxygens (including phenoxy) is 1. The van der Waals surface area contributed by atoms with E-state index in [2.05, 4.69) is 0 Å². The van der Waals surface area contributed by atoms with E-state index in [0.29, 0.717) is 25.7 Å². The molecule has 2 rings (SSSR count). The van der Waals surface area contributed by atoms with Gasteiger partial charge in [0.15, 0.2) is 0 Å². The molecule has 0 aromatic heterocycles. The molecule has 1 aromatic rings. The van der Waals surface area contributed by atoms with E-state index in [0.717, 1.165) is 5.56 Å². The fourth-order valence-corrected chi connectivity index (χ4v) is 1.63. The van der Waals surface area contributed by atoms with Crippen LogP contribution in [0, 0.1) is 0 Å². The number of rotatable bonds is 2. The molecule has 0 bridgehead atoms. The Hall–Kier alpha value is -1.45. The third-order valence-corrected chi connectivity index (χ3v) is 2.36. The van der Waals surface area contributed by atoms with Crippen LogP contribution in [-0.2, 0) is 6.42 Å². The molecule has 0 N–H and O–H groups in total. The monoisotopic (exact) mass is 212 g/mol. The highest BCUT2D eigenvalue weighted by molar-refractivity contribution is 6.03. The number of hydrogen-bond acceptors (Lipinski definition) is 2. The van der Waals surface area contributed by atoms with Crippen molar-refractivity contribution in [1.82, 2.24) is 0 Å². The molecule has 2 nitrogen and oxygen atoms in total. The predicted molar refractivity (Wildman–Crippen MR) is 50.6 cm³/mol. The molecule has 1 heterocycles. The molecule has 0 saturated carbocycles. The van der Waals surface area contributed by atoms with Gasteiger partial charge < -0.3 is 4.74 Å². The number of para-hydroxylation sites is 1. The molecular weight excluding hydrogens is 202 g/mol. The Morgan fingerprint density at radius 2 is 2.20 bits per heavy atom. The zero-order valence-electron chi connectivity index (χ0n) is 8.22. The minimum Gasteiger partial charge on any atom is -0.492 e. The van der Waals surface area contributed by atoms with Gasteiger partial charge in [-0.3, -0.25) is 4.79 Å². The number of carbonyl (C=O) groups is 1. The van der Waals surface area contributed by atoms with Crippen LogP contribution in [0.1, 0.15) is 22.8 Å². The molecule has 15 heavy (non-hydrogen) atoms. The molecule has 0 atom stereocenters. The van der Waals surface area contributed by atoms with E-state index in [1.54, 1.807) is 12.1 Å². The average molecular weight is 212 g/mol. The zero-order chi connectivity index (χ0) is 11.1. The number of carbonyl (C=O) groups excluding carboxylic acids is 1. The third kappa shape index (κ3) is 1.71. The molecule has 0 spiro atoms. The first-order valence-electron chi connectivity index (χ1n) is 4.67. The summed E-state index contributed by atoms with van der Waals surface area (Å²) in [5.41, 5.74) is 0.808. The average Bonchev–Trinajstić information content (AvgIpc) is 2.62. The number of Topliss-reactive ketones (excluding diaryl/α,β-unsaturated/α-hetero) is 1. The molecule has 0 saturated heterocycles. The smallest absolute Gasteiger partial charge is 0.307 e. The highest BCUT2D eigenvalue weighted by atomic mass is 19.3. The topological polar surface area (TPSA) is 26.3 Å². The maximum Gasteiger partial charge on any atom is 0.307 e. The number of halogens is 2. The lowest BCUT2D eigenvalue weighted by atomic mass is 10.0. The highest BCUT2D eigenvalue weighted by Crippen LogP contribution is 2.32. The number of alkyl halides is 2. The van der Waals surface area contributed by atoms with Crippen molar-refractivity contribution < 1.29 is 18.3 Å². The Kier molecular flexibility index (Phi) is 2.21. The van der Waals surface area contributed by atoms with E-state index in [9.17, 15) is 13.6 Å². The van der Waals surface area contributed by atoms with E-state index in [1.165, 1.54) is 6.07 Å². The second-order valence-electron chi connectivity index (χ2n) is 3.61. The second kappa shape index (κ2) is 3.29. The van der Waals surface area contributed by atoms with Crippen LogP contribution in [0.3, 0.4) is 0 Å². The maximum absolute atomic E-state index is 12.9. The summed E-state index contributed by atoms with van der Waals surface area (Å²) in [4.78, 5) is 11.4. The van der Waals surface area contributed by atoms with E-state index < -0.39 is 11.7 Å². The second-order valence-corrected chi connectivity index (χ2v) is 3.61. The summed E-state index contributed by atoms with van der Waals surface area (Å²) in [6, 6.07) is 4.77. The first-order chi connectivity index (χ1) is 7.00. The van der Waals surface area contributed by atoms with E-state index in [4.69, 9.17) is 4.74 Å². The van der Waals surface area contributed by atoms with Gasteiger partial charge in [0.1, 0.15) is 5.75 Å². The van der Waals surface area contributed by atoms with Gasteiger partial charge in [0, 0.05) is 13.3 Å². The summed E-state index contributed by atoms with van der Waals surface area (Å²) >= 11 is 0. The first kappa shape index (κ1) is 10.1. The van der Waals surface area contributed by atoms with Crippen molar-refractivity contribution in [2.24, 2.45) is 0 Å². The molecule has 4 heteroatoms. The number of fused-ring (bicyclic) bond motifs is 1. The van der Waals surface area contributed by atoms with Crippen LogP contribution in [0.25, 0.3) is 0 Å². The van der Waals surface area contributed by atoms with E-state index >= 15 is 0 Å². The predicted octanol–water partition coefficient (Wildman–Crippen LogP) is 2.46. The van der Waals surface area contributed by atoms with Crippen molar-refractivity contribution in [3.8, 4) is 5.75 Å². The van der Waals surface area contributed by atoms with Crippen molar-refractivity contribution in [3.63, 3.8) is 0 Å². The number of ketones is 1. The quantitative estimate of drug-likeness (QED) is 0.704. The van der Waals surface area contributed by atoms with Gasteiger partial charge in [-0.05, 0) is 11.6 Å². The van der Waals surface area contributed by atoms with Gasteiger partial charge in [0.2, 0.25) is 5.78 Å². The fourth-order valence-electron chi connectivity index (χ4n) is 1.63. The summed E-state index contributed by atoms with van der Waals surface area (Å²) in [6.45, 7) is 1.05. The molecular formula is C11H10F2O2. The van der Waals surface area contributed by atoms with Crippen molar-refractivity contribution in [2.75, 3.05) is 6.61 Å². The van der Waals surface area contributed by atoms with Crippen molar-refractivity contribution in [1.29, 1.82) is 0 Å². The molecule has 80 valence electrons. The Morgan fingerprint density at radius 3 is 2.87 bits per heavy atom. The summed E-state index contributed by atoms with van der Waals surface area (Å²) in [5.74, 6) is -4.20. The van der Waals surface area contributed by atoms with Crippen molar-refractivity contribution >= 4 is 5.78 Å². The summed E-state index contributed by atoms with van der Waals surface area (Å²) in [6.07, 6.45) is 0.672. The van der Waals surface area contributed by atoms with Crippen LogP contribution >= 0.6 is 0 Å². The van der Waals surface area contributed by atoms with Crippen LogP contribution in [0.2, 0.25) is 0 Å². The lowest BCUT2D eigenvalue weighted by molar-refractivity contribution is 0.0219. The van der Waals surface area contributed by atoms with Gasteiger partial charge in [-0.15, -0.1) is 0 Å². The number of benzene rings is 1. The SMILES string of the molecule is CC(F)(F)C(=O)c1cccc2c1OCC2. The Balaban J connectivity index is 2.46. The van der Waals surface area contributed by atoms with Gasteiger partial charge in [0.25, 0.3) is 0 Å². The molecule has 0 aliphatic carbocycles. The standard InChI is InChI=1S/C11H10F2O2/c1-11(12,13)10(14)8-4-2-3-7-5-6-15-9(7)8/h2-4H,5-6H2,1H3. The molecule has 0 unspecified atom stereocenters. The molecule has 1 aromatic carbocycles. The lowest BCUT2D eigenvalue weighted by Gasteiger charge is -2.11. The third-order valence-electron chi connectivity index (χ3n) is 2.36. The lowest BCUT2D eigenvalue weighted by Crippen LogP contribution is -2.24. The van der Waals surface area contributed by atoms with Crippen LogP contribution in [-0.4, -0.2) is 18.3 Å². The van der Waals surface area contributed by atoms with E-state index in [1.807, 2.05) is 0 Å². The molecule has 1 aliphatic heterocycles. The maximum atomic E-state index is 12.9. The zero-order valence-corrected chi connectivity index (χ0v) is 8.22. The van der Waals surface area contributed by atoms with Crippen LogP contribution < -0.4 is 4.74 Å². The Bertz CT molecular complexity index is 408. The van der Waals surface area contributed by atoms with Gasteiger partial charge in [-0.25, -0.2) is 0 Å². The molecule has 0 fully saturated rings. The summed E-state index contributed by atoms with van der Waals surface area (Å²) in [5, 5.41) is 0. The van der Waals surface area contributed by atoms with E-state index in [-0.39, 0.29) is 5.56 Å². The Morgan fingerprint density at radius 1 is 1.47 bits per heavy atom. The minimum atomic E-state index is -3.35. The van der Waals surface area contributed by atoms with Crippen LogP contribution in [0.15, 0.2) is 18.2 Å². The van der Waals surface area contributed by atoms with Gasteiger partial charge in [-0.2, -0.15) is 8.78 Å². The largest absolute Gasteiger partial charge is 0.492 e. The minimum absolute atomic E-state index is 0.0162. The molecule has 0 radical (unpaired) electrons. The van der Waals surface area contributed by atoms with Crippen LogP contribution in [0.5, 0.6) is 5.75 Å². The first-order valence-corrected chi connectivity index (χ1v) is 4.67. The van der Waals surface area contributed by atoms with Crippen LogP contribution in [0.4, 0.5) is 8.78 Å². The van der Waals surface area contributed by atoms with Gasteiger partial charge in [0.05, 0.1) is 12.2 Å².